The highest BCUT2D eigenvalue weighted by Crippen LogP contribution is 2.17. The minimum atomic E-state index is -0.625. The monoisotopic (exact) mass is 323 g/mol. The maximum absolute atomic E-state index is 11.9. The van der Waals surface area contributed by atoms with Crippen LogP contribution in [0.5, 0.6) is 0 Å². The number of amides is 1. The largest absolute Gasteiger partial charge is 0.328 e. The highest BCUT2D eigenvalue weighted by molar-refractivity contribution is 7.15. The third kappa shape index (κ3) is 4.62. The van der Waals surface area contributed by atoms with Gasteiger partial charge >= 0.3 is 5.69 Å². The van der Waals surface area contributed by atoms with Gasteiger partial charge in [0.25, 0.3) is 5.56 Å². The number of H-pyrrole nitrogens is 1. The summed E-state index contributed by atoms with van der Waals surface area (Å²) in [6, 6.07) is 1.19. The van der Waals surface area contributed by atoms with Crippen molar-refractivity contribution >= 4 is 22.4 Å². The van der Waals surface area contributed by atoms with Crippen LogP contribution in [0.15, 0.2) is 21.9 Å². The Hall–Kier alpha value is -2.29. The standard InChI is InChI=1S/C13H17N5O3S/c1-2-3-4-5-11-16-17-12(22-11)14-10(20)8-18-7-6-9(19)15-13(18)21/h6-7H,2-5,8H2,1H3,(H,14,17,20)(H,15,19,21). The fourth-order valence-corrected chi connectivity index (χ4v) is 2.61. The Bertz CT molecular complexity index is 748. The van der Waals surface area contributed by atoms with Crippen LogP contribution in [-0.2, 0) is 17.8 Å². The zero-order chi connectivity index (χ0) is 15.9. The maximum atomic E-state index is 11.9. The first kappa shape index (κ1) is 16.1. The lowest BCUT2D eigenvalue weighted by Gasteiger charge is -2.03. The van der Waals surface area contributed by atoms with Crippen LogP contribution in [0.3, 0.4) is 0 Å². The molecule has 0 aliphatic heterocycles. The average Bonchev–Trinajstić information content (AvgIpc) is 2.90. The van der Waals surface area contributed by atoms with Crippen molar-refractivity contribution in [3.63, 3.8) is 0 Å². The van der Waals surface area contributed by atoms with E-state index in [1.807, 2.05) is 0 Å². The van der Waals surface area contributed by atoms with Gasteiger partial charge < -0.3 is 0 Å². The third-order valence-corrected chi connectivity index (χ3v) is 3.82. The summed E-state index contributed by atoms with van der Waals surface area (Å²) in [5.41, 5.74) is -1.12. The normalized spacial score (nSPS) is 10.6. The lowest BCUT2D eigenvalue weighted by Crippen LogP contribution is -2.32. The van der Waals surface area contributed by atoms with Crippen molar-refractivity contribution in [2.75, 3.05) is 5.32 Å². The molecule has 0 aliphatic carbocycles. The van der Waals surface area contributed by atoms with Crippen molar-refractivity contribution in [2.45, 2.75) is 39.2 Å². The number of carbonyl (C=O) groups excluding carboxylic acids is 1. The second kappa shape index (κ2) is 7.64. The van der Waals surface area contributed by atoms with E-state index in [-0.39, 0.29) is 6.54 Å². The molecule has 2 N–H and O–H groups in total. The number of nitrogens with one attached hydrogen (secondary N) is 2. The molecule has 0 bridgehead atoms. The lowest BCUT2D eigenvalue weighted by atomic mass is 10.2. The number of hydrogen-bond donors (Lipinski definition) is 2. The van der Waals surface area contributed by atoms with Crippen LogP contribution in [0, 0.1) is 0 Å². The summed E-state index contributed by atoms with van der Waals surface area (Å²) in [4.78, 5) is 36.4. The Morgan fingerprint density at radius 2 is 2.18 bits per heavy atom. The molecule has 0 radical (unpaired) electrons. The molecule has 8 nitrogen and oxygen atoms in total. The van der Waals surface area contributed by atoms with Crippen LogP contribution in [0.25, 0.3) is 0 Å². The summed E-state index contributed by atoms with van der Waals surface area (Å²) in [6.45, 7) is 1.94. The van der Waals surface area contributed by atoms with Crippen LogP contribution in [0.2, 0.25) is 0 Å². The first-order valence-electron chi connectivity index (χ1n) is 7.00. The van der Waals surface area contributed by atoms with Crippen molar-refractivity contribution in [3.05, 3.63) is 38.1 Å². The van der Waals surface area contributed by atoms with Gasteiger partial charge in [-0.3, -0.25) is 24.5 Å². The van der Waals surface area contributed by atoms with E-state index in [1.165, 1.54) is 23.6 Å². The highest BCUT2D eigenvalue weighted by Gasteiger charge is 2.09. The van der Waals surface area contributed by atoms with Gasteiger partial charge in [0.1, 0.15) is 11.6 Å². The van der Waals surface area contributed by atoms with Gasteiger partial charge in [0.05, 0.1) is 0 Å². The first-order chi connectivity index (χ1) is 10.6. The van der Waals surface area contributed by atoms with Gasteiger partial charge in [-0.2, -0.15) is 0 Å². The van der Waals surface area contributed by atoms with E-state index >= 15 is 0 Å². The van der Waals surface area contributed by atoms with Gasteiger partial charge in [-0.15, -0.1) is 10.2 Å². The zero-order valence-electron chi connectivity index (χ0n) is 12.2. The first-order valence-corrected chi connectivity index (χ1v) is 7.82. The van der Waals surface area contributed by atoms with Crippen molar-refractivity contribution < 1.29 is 4.79 Å². The van der Waals surface area contributed by atoms with Gasteiger partial charge in [0, 0.05) is 18.7 Å². The molecule has 22 heavy (non-hydrogen) atoms. The van der Waals surface area contributed by atoms with Crippen molar-refractivity contribution in [2.24, 2.45) is 0 Å². The van der Waals surface area contributed by atoms with Crippen LogP contribution < -0.4 is 16.6 Å². The van der Waals surface area contributed by atoms with Crippen LogP contribution >= 0.6 is 11.3 Å². The number of hydrogen-bond acceptors (Lipinski definition) is 6. The number of anilines is 1. The smallest absolute Gasteiger partial charge is 0.299 e. The second-order valence-corrected chi connectivity index (χ2v) is 5.81. The summed E-state index contributed by atoms with van der Waals surface area (Å²) < 4.78 is 1.11. The zero-order valence-corrected chi connectivity index (χ0v) is 13.0. The molecule has 0 aliphatic rings. The molecule has 0 spiro atoms. The van der Waals surface area contributed by atoms with Gasteiger partial charge in [0.2, 0.25) is 11.0 Å². The Morgan fingerprint density at radius 3 is 2.91 bits per heavy atom. The molecule has 1 amide bonds. The van der Waals surface area contributed by atoms with Gasteiger partial charge in [-0.1, -0.05) is 31.1 Å². The Labute approximate surface area is 130 Å². The van der Waals surface area contributed by atoms with E-state index in [0.29, 0.717) is 5.13 Å². The molecule has 0 aromatic carbocycles. The molecule has 0 saturated carbocycles. The summed E-state index contributed by atoms with van der Waals surface area (Å²) in [6.07, 6.45) is 5.44. The maximum Gasteiger partial charge on any atom is 0.328 e. The Morgan fingerprint density at radius 1 is 1.36 bits per heavy atom. The number of nitrogens with zero attached hydrogens (tertiary/aromatic N) is 3. The van der Waals surface area contributed by atoms with Crippen LogP contribution in [-0.4, -0.2) is 25.7 Å². The van der Waals surface area contributed by atoms with Crippen LogP contribution in [0.4, 0.5) is 5.13 Å². The Kier molecular flexibility index (Phi) is 5.59. The predicted molar refractivity (Wildman–Crippen MR) is 83.1 cm³/mol. The average molecular weight is 323 g/mol. The number of aromatic nitrogens is 4. The molecule has 0 unspecified atom stereocenters. The van der Waals surface area contributed by atoms with Gasteiger partial charge in [-0.25, -0.2) is 4.79 Å². The topological polar surface area (TPSA) is 110 Å². The summed E-state index contributed by atoms with van der Waals surface area (Å²) in [5.74, 6) is -0.398. The van der Waals surface area contributed by atoms with Crippen molar-refractivity contribution in [1.29, 1.82) is 0 Å². The number of aryl methyl sites for hydroxylation is 1. The Balaban J connectivity index is 1.91. The molecule has 118 valence electrons. The summed E-state index contributed by atoms with van der Waals surface area (Å²) in [7, 11) is 0. The van der Waals surface area contributed by atoms with Gasteiger partial charge in [-0.05, 0) is 6.42 Å². The van der Waals surface area contributed by atoms with E-state index in [1.54, 1.807) is 0 Å². The molecule has 9 heteroatoms. The third-order valence-electron chi connectivity index (χ3n) is 2.92. The molecule has 2 aromatic rings. The van der Waals surface area contributed by atoms with Crippen molar-refractivity contribution in [1.82, 2.24) is 19.7 Å². The minimum Gasteiger partial charge on any atom is -0.299 e. The molecule has 2 rings (SSSR count). The van der Waals surface area contributed by atoms with Crippen LogP contribution in [0.1, 0.15) is 31.2 Å². The van der Waals surface area contributed by atoms with E-state index in [0.717, 1.165) is 35.3 Å². The summed E-state index contributed by atoms with van der Waals surface area (Å²) >= 11 is 1.33. The molecule has 0 saturated heterocycles. The number of unbranched alkanes of at least 4 members (excludes halogenated alkanes) is 2. The molecule has 0 atom stereocenters. The van der Waals surface area contributed by atoms with E-state index in [4.69, 9.17) is 0 Å². The van der Waals surface area contributed by atoms with E-state index < -0.39 is 17.2 Å². The lowest BCUT2D eigenvalue weighted by molar-refractivity contribution is -0.116. The fourth-order valence-electron chi connectivity index (χ4n) is 1.81. The molecule has 0 fully saturated rings. The molecular weight excluding hydrogens is 306 g/mol. The molecular formula is C13H17N5O3S. The van der Waals surface area contributed by atoms with Gasteiger partial charge in [0.15, 0.2) is 0 Å². The van der Waals surface area contributed by atoms with E-state index in [2.05, 4.69) is 27.4 Å². The predicted octanol–water partition coefficient (Wildman–Crippen LogP) is 0.759. The highest BCUT2D eigenvalue weighted by atomic mass is 32.1. The number of aromatic amines is 1. The summed E-state index contributed by atoms with van der Waals surface area (Å²) in [5, 5.41) is 11.8. The number of rotatable bonds is 7. The molecule has 2 heterocycles. The minimum absolute atomic E-state index is 0.194. The SMILES string of the molecule is CCCCCc1nnc(NC(=O)Cn2ccc(=O)[nH]c2=O)s1. The van der Waals surface area contributed by atoms with E-state index in [9.17, 15) is 14.4 Å². The fraction of sp³-hybridized carbons (Fsp3) is 0.462. The van der Waals surface area contributed by atoms with Crippen molar-refractivity contribution in [3.8, 4) is 0 Å². The number of carbonyl (C=O) groups is 1. The molecule has 2 aromatic heterocycles. The second-order valence-electron chi connectivity index (χ2n) is 4.74. The quantitative estimate of drug-likeness (QED) is 0.731.